The molecule has 1 aromatic rings. The third-order valence-electron chi connectivity index (χ3n) is 3.04. The Morgan fingerprint density at radius 2 is 1.89 bits per heavy atom. The molecule has 0 spiro atoms. The number of anilines is 1. The largest absolute Gasteiger partial charge is 0.380 e. The standard InChI is InChI=1S/C14H19F2N3/c1-10(2)19(3)6-4-5-18-14-12(15)7-11(9-17)8-13(14)16/h7-8,10,18H,4-6H2,1-3H3. The second-order valence-electron chi connectivity index (χ2n) is 4.78. The van der Waals surface area contributed by atoms with E-state index in [-0.39, 0.29) is 11.3 Å². The molecule has 0 fully saturated rings. The molecule has 0 saturated carbocycles. The maximum atomic E-state index is 13.5. The van der Waals surface area contributed by atoms with Crippen molar-refractivity contribution < 1.29 is 8.78 Å². The van der Waals surface area contributed by atoms with Crippen LogP contribution in [0.15, 0.2) is 12.1 Å². The number of halogens is 2. The lowest BCUT2D eigenvalue weighted by molar-refractivity contribution is 0.273. The van der Waals surface area contributed by atoms with Crippen LogP contribution in [-0.2, 0) is 0 Å². The van der Waals surface area contributed by atoms with E-state index in [9.17, 15) is 8.78 Å². The molecule has 5 heteroatoms. The van der Waals surface area contributed by atoms with Gasteiger partial charge in [0.2, 0.25) is 0 Å². The van der Waals surface area contributed by atoms with E-state index in [1.807, 2.05) is 7.05 Å². The summed E-state index contributed by atoms with van der Waals surface area (Å²) in [4.78, 5) is 2.16. The van der Waals surface area contributed by atoms with Crippen LogP contribution in [0.4, 0.5) is 14.5 Å². The molecule has 0 radical (unpaired) electrons. The number of benzene rings is 1. The minimum absolute atomic E-state index is 0.0138. The van der Waals surface area contributed by atoms with Crippen molar-refractivity contribution in [3.8, 4) is 6.07 Å². The van der Waals surface area contributed by atoms with E-state index < -0.39 is 11.6 Å². The summed E-state index contributed by atoms with van der Waals surface area (Å²) < 4.78 is 27.1. The molecular formula is C14H19F2N3. The lowest BCUT2D eigenvalue weighted by Crippen LogP contribution is -2.28. The summed E-state index contributed by atoms with van der Waals surface area (Å²) in [5.74, 6) is -1.46. The molecular weight excluding hydrogens is 248 g/mol. The zero-order valence-corrected chi connectivity index (χ0v) is 11.5. The molecule has 0 aliphatic rings. The molecule has 0 amide bonds. The van der Waals surface area contributed by atoms with Crippen molar-refractivity contribution in [3.63, 3.8) is 0 Å². The van der Waals surface area contributed by atoms with Gasteiger partial charge in [-0.2, -0.15) is 5.26 Å². The normalized spacial score (nSPS) is 10.8. The molecule has 104 valence electrons. The zero-order valence-electron chi connectivity index (χ0n) is 11.5. The lowest BCUT2D eigenvalue weighted by Gasteiger charge is -2.21. The fraction of sp³-hybridized carbons (Fsp3) is 0.500. The Kier molecular flexibility index (Phi) is 5.71. The van der Waals surface area contributed by atoms with Crippen molar-refractivity contribution in [2.24, 2.45) is 0 Å². The molecule has 0 aliphatic heterocycles. The average molecular weight is 267 g/mol. The smallest absolute Gasteiger partial charge is 0.150 e. The number of nitriles is 1. The Morgan fingerprint density at radius 3 is 2.37 bits per heavy atom. The van der Waals surface area contributed by atoms with Crippen LogP contribution < -0.4 is 5.32 Å². The van der Waals surface area contributed by atoms with E-state index >= 15 is 0 Å². The predicted molar refractivity (Wildman–Crippen MR) is 71.9 cm³/mol. The van der Waals surface area contributed by atoms with Gasteiger partial charge in [0.15, 0.2) is 11.6 Å². The molecule has 0 aliphatic carbocycles. The molecule has 0 saturated heterocycles. The van der Waals surface area contributed by atoms with E-state index in [2.05, 4.69) is 24.1 Å². The van der Waals surface area contributed by atoms with Crippen molar-refractivity contribution in [3.05, 3.63) is 29.3 Å². The third-order valence-corrected chi connectivity index (χ3v) is 3.04. The van der Waals surface area contributed by atoms with E-state index in [0.717, 1.165) is 25.1 Å². The highest BCUT2D eigenvalue weighted by Gasteiger charge is 2.10. The predicted octanol–water partition coefficient (Wildman–Crippen LogP) is 2.98. The highest BCUT2D eigenvalue weighted by Crippen LogP contribution is 2.20. The molecule has 1 aromatic carbocycles. The summed E-state index contributed by atoms with van der Waals surface area (Å²) in [6.45, 7) is 5.52. The summed E-state index contributed by atoms with van der Waals surface area (Å²) in [7, 11) is 2.01. The zero-order chi connectivity index (χ0) is 14.4. The minimum atomic E-state index is -0.728. The van der Waals surface area contributed by atoms with Gasteiger partial charge in [-0.15, -0.1) is 0 Å². The summed E-state index contributed by atoms with van der Waals surface area (Å²) in [6, 6.07) is 4.23. The Hall–Kier alpha value is -1.67. The quantitative estimate of drug-likeness (QED) is 0.805. The second-order valence-corrected chi connectivity index (χ2v) is 4.78. The van der Waals surface area contributed by atoms with Crippen molar-refractivity contribution in [1.82, 2.24) is 4.90 Å². The van der Waals surface area contributed by atoms with Gasteiger partial charge in [0, 0.05) is 12.6 Å². The van der Waals surface area contributed by atoms with Gasteiger partial charge in [-0.05, 0) is 46.0 Å². The number of nitrogens with zero attached hydrogens (tertiary/aromatic N) is 2. The first-order chi connectivity index (χ1) is 8.95. The van der Waals surface area contributed by atoms with Crippen molar-refractivity contribution >= 4 is 5.69 Å². The summed E-state index contributed by atoms with van der Waals surface area (Å²) in [5, 5.41) is 11.3. The Bertz CT molecular complexity index is 443. The van der Waals surface area contributed by atoms with Gasteiger partial charge in [0.25, 0.3) is 0 Å². The molecule has 0 atom stereocenters. The molecule has 0 bridgehead atoms. The monoisotopic (exact) mass is 267 g/mol. The van der Waals surface area contributed by atoms with Crippen molar-refractivity contribution in [2.45, 2.75) is 26.3 Å². The van der Waals surface area contributed by atoms with E-state index in [1.165, 1.54) is 0 Å². The minimum Gasteiger partial charge on any atom is -0.380 e. The van der Waals surface area contributed by atoms with Crippen LogP contribution in [0.3, 0.4) is 0 Å². The van der Waals surface area contributed by atoms with Gasteiger partial charge in [-0.25, -0.2) is 8.78 Å². The second kappa shape index (κ2) is 7.05. The van der Waals surface area contributed by atoms with Gasteiger partial charge in [0.1, 0.15) is 5.69 Å². The van der Waals surface area contributed by atoms with Crippen molar-refractivity contribution in [2.75, 3.05) is 25.5 Å². The molecule has 0 aromatic heterocycles. The SMILES string of the molecule is CC(C)N(C)CCCNc1c(F)cc(C#N)cc1F. The van der Waals surface area contributed by atoms with Gasteiger partial charge in [-0.1, -0.05) is 0 Å². The molecule has 0 unspecified atom stereocenters. The topological polar surface area (TPSA) is 39.1 Å². The van der Waals surface area contributed by atoms with Crippen molar-refractivity contribution in [1.29, 1.82) is 5.26 Å². The van der Waals surface area contributed by atoms with Crippen LogP contribution in [0.5, 0.6) is 0 Å². The number of hydrogen-bond donors (Lipinski definition) is 1. The highest BCUT2D eigenvalue weighted by molar-refractivity contribution is 5.50. The van der Waals surface area contributed by atoms with E-state index in [0.29, 0.717) is 12.6 Å². The first kappa shape index (κ1) is 15.4. The van der Waals surface area contributed by atoms with Crippen LogP contribution >= 0.6 is 0 Å². The number of nitrogens with one attached hydrogen (secondary N) is 1. The van der Waals surface area contributed by atoms with Crippen LogP contribution in [0.1, 0.15) is 25.8 Å². The summed E-state index contributed by atoms with van der Waals surface area (Å²) in [6.07, 6.45) is 0.785. The highest BCUT2D eigenvalue weighted by atomic mass is 19.1. The first-order valence-corrected chi connectivity index (χ1v) is 6.29. The van der Waals surface area contributed by atoms with Gasteiger partial charge < -0.3 is 10.2 Å². The van der Waals surface area contributed by atoms with Crippen LogP contribution in [0.25, 0.3) is 0 Å². The van der Waals surface area contributed by atoms with Gasteiger partial charge >= 0.3 is 0 Å². The fourth-order valence-electron chi connectivity index (χ4n) is 1.61. The Morgan fingerprint density at radius 1 is 1.32 bits per heavy atom. The number of hydrogen-bond acceptors (Lipinski definition) is 3. The molecule has 3 nitrogen and oxygen atoms in total. The Labute approximate surface area is 112 Å². The summed E-state index contributed by atoms with van der Waals surface area (Å²) >= 11 is 0. The summed E-state index contributed by atoms with van der Waals surface area (Å²) in [5.41, 5.74) is -0.175. The molecule has 19 heavy (non-hydrogen) atoms. The van der Waals surface area contributed by atoms with Gasteiger partial charge in [-0.3, -0.25) is 0 Å². The van der Waals surface area contributed by atoms with E-state index in [4.69, 9.17) is 5.26 Å². The third kappa shape index (κ3) is 4.49. The van der Waals surface area contributed by atoms with Crippen LogP contribution in [0, 0.1) is 23.0 Å². The van der Waals surface area contributed by atoms with E-state index in [1.54, 1.807) is 6.07 Å². The molecule has 1 rings (SSSR count). The van der Waals surface area contributed by atoms with Crippen LogP contribution in [0.2, 0.25) is 0 Å². The maximum absolute atomic E-state index is 13.5. The maximum Gasteiger partial charge on any atom is 0.150 e. The first-order valence-electron chi connectivity index (χ1n) is 6.29. The number of rotatable bonds is 6. The van der Waals surface area contributed by atoms with Gasteiger partial charge in [0.05, 0.1) is 11.6 Å². The fourth-order valence-corrected chi connectivity index (χ4v) is 1.61. The van der Waals surface area contributed by atoms with Crippen LogP contribution in [-0.4, -0.2) is 31.1 Å². The molecule has 0 heterocycles. The Balaban J connectivity index is 2.53. The average Bonchev–Trinajstić information content (AvgIpc) is 2.36. The molecule has 1 N–H and O–H groups in total. The lowest BCUT2D eigenvalue weighted by atomic mass is 10.2.